The third-order valence-corrected chi connectivity index (χ3v) is 6.47. The van der Waals surface area contributed by atoms with E-state index in [2.05, 4.69) is 39.5 Å². The highest BCUT2D eigenvalue weighted by Crippen LogP contribution is 2.43. The van der Waals surface area contributed by atoms with Gasteiger partial charge in [-0.3, -0.25) is 0 Å². The summed E-state index contributed by atoms with van der Waals surface area (Å²) < 4.78 is 6.89. The monoisotopic (exact) mass is 479 g/mol. The molecule has 4 heterocycles. The van der Waals surface area contributed by atoms with Crippen LogP contribution >= 0.6 is 0 Å². The fraction of sp³-hybridized carbons (Fsp3) is 0.462. The van der Waals surface area contributed by atoms with Gasteiger partial charge in [-0.2, -0.15) is 9.61 Å². The van der Waals surface area contributed by atoms with Crippen molar-refractivity contribution in [3.05, 3.63) is 60.7 Å². The number of anilines is 2. The second kappa shape index (κ2) is 11.4. The number of allylic oxidation sites excluding steroid dienone is 2. The van der Waals surface area contributed by atoms with E-state index in [1.54, 1.807) is 11.4 Å². The normalized spacial score (nSPS) is 21.8. The fourth-order valence-corrected chi connectivity index (χ4v) is 4.11. The molecule has 9 heteroatoms. The van der Waals surface area contributed by atoms with Gasteiger partial charge in [-0.1, -0.05) is 13.2 Å². The number of aromatic nitrogens is 3. The molecule has 2 aliphatic heterocycles. The number of hydrogen-bond acceptors (Lipinski definition) is 8. The van der Waals surface area contributed by atoms with Gasteiger partial charge in [0, 0.05) is 50.9 Å². The standard InChI is InChI=1S/C19H23N7.C5H8O.C2H6O/c1-12(23-14-6-4-7-14)15-11-22-26-18(20-3)10-17(25-19(15)26)24-16-8-5-9-21-13(16)2;1-4-2-6-3-5(1)4;1-2-3/h5,8-11,14,20-21,23H,1-2,4,6-7H2,3H3,(H,24,25);4-5H,1-3H2;3H,2H2,1H3. The van der Waals surface area contributed by atoms with Crippen molar-refractivity contribution in [2.24, 2.45) is 11.8 Å². The van der Waals surface area contributed by atoms with E-state index in [1.165, 1.54) is 25.7 Å². The third kappa shape index (κ3) is 6.04. The van der Waals surface area contributed by atoms with Crippen LogP contribution in [-0.4, -0.2) is 52.6 Å². The summed E-state index contributed by atoms with van der Waals surface area (Å²) in [5.41, 5.74) is 4.19. The van der Waals surface area contributed by atoms with Crippen LogP contribution < -0.4 is 21.3 Å². The Bertz CT molecular complexity index is 1110. The second-order valence-electron chi connectivity index (χ2n) is 9.12. The molecule has 0 bridgehead atoms. The van der Waals surface area contributed by atoms with Crippen LogP contribution in [0.1, 0.15) is 38.2 Å². The van der Waals surface area contributed by atoms with Gasteiger partial charge in [0.15, 0.2) is 5.65 Å². The summed E-state index contributed by atoms with van der Waals surface area (Å²) in [5.74, 6) is 3.53. The van der Waals surface area contributed by atoms with Crippen LogP contribution in [0.5, 0.6) is 0 Å². The Morgan fingerprint density at radius 1 is 1.31 bits per heavy atom. The fourth-order valence-electron chi connectivity index (χ4n) is 4.11. The summed E-state index contributed by atoms with van der Waals surface area (Å²) in [6.07, 6.45) is 12.6. The quantitative estimate of drug-likeness (QED) is 0.429. The molecule has 2 aromatic heterocycles. The van der Waals surface area contributed by atoms with Crippen molar-refractivity contribution in [1.82, 2.24) is 25.2 Å². The maximum absolute atomic E-state index is 7.57. The summed E-state index contributed by atoms with van der Waals surface area (Å²) in [5, 5.41) is 25.1. The predicted octanol–water partition coefficient (Wildman–Crippen LogP) is 3.46. The Kier molecular flexibility index (Phi) is 8.09. The molecule has 3 fully saturated rings. The summed E-state index contributed by atoms with van der Waals surface area (Å²) in [6, 6.07) is 2.43. The Balaban J connectivity index is 0.000000268. The van der Waals surface area contributed by atoms with E-state index in [0.717, 1.165) is 59.2 Å². The van der Waals surface area contributed by atoms with E-state index >= 15 is 0 Å². The lowest BCUT2D eigenvalue weighted by molar-refractivity contribution is 0.165. The van der Waals surface area contributed by atoms with Crippen molar-refractivity contribution in [3.8, 4) is 0 Å². The van der Waals surface area contributed by atoms with Gasteiger partial charge in [0.25, 0.3) is 0 Å². The lowest BCUT2D eigenvalue weighted by Crippen LogP contribution is -2.33. The molecule has 6 rings (SSSR count). The number of aliphatic hydroxyl groups is 1. The van der Waals surface area contributed by atoms with Crippen LogP contribution in [0.15, 0.2) is 55.2 Å². The average molecular weight is 480 g/mol. The van der Waals surface area contributed by atoms with Crippen LogP contribution in [0.3, 0.4) is 0 Å². The van der Waals surface area contributed by atoms with Crippen molar-refractivity contribution >= 4 is 23.0 Å². The lowest BCUT2D eigenvalue weighted by atomic mass is 9.93. The molecule has 0 radical (unpaired) electrons. The maximum atomic E-state index is 7.57. The van der Waals surface area contributed by atoms with Gasteiger partial charge in [0.2, 0.25) is 0 Å². The number of rotatable bonds is 6. The van der Waals surface area contributed by atoms with Crippen LogP contribution in [0.25, 0.3) is 11.3 Å². The Labute approximate surface area is 207 Å². The number of nitrogens with zero attached hydrogens (tertiary/aromatic N) is 3. The van der Waals surface area contributed by atoms with E-state index in [0.29, 0.717) is 11.9 Å². The van der Waals surface area contributed by atoms with E-state index < -0.39 is 0 Å². The Morgan fingerprint density at radius 2 is 2.06 bits per heavy atom. The topological polar surface area (TPSA) is 108 Å². The van der Waals surface area contributed by atoms with Crippen molar-refractivity contribution in [3.63, 3.8) is 0 Å². The summed E-state index contributed by atoms with van der Waals surface area (Å²) in [7, 11) is 1.87. The molecular weight excluding hydrogens is 442 g/mol. The average Bonchev–Trinajstić information content (AvgIpc) is 3.21. The van der Waals surface area contributed by atoms with E-state index in [9.17, 15) is 0 Å². The van der Waals surface area contributed by atoms with Crippen molar-refractivity contribution in [2.45, 2.75) is 38.6 Å². The second-order valence-corrected chi connectivity index (χ2v) is 9.12. The minimum Gasteiger partial charge on any atom is -0.397 e. The highest BCUT2D eigenvalue weighted by molar-refractivity contribution is 5.76. The van der Waals surface area contributed by atoms with Gasteiger partial charge < -0.3 is 31.1 Å². The third-order valence-electron chi connectivity index (χ3n) is 6.47. The van der Waals surface area contributed by atoms with Crippen LogP contribution in [-0.2, 0) is 4.74 Å². The van der Waals surface area contributed by atoms with Gasteiger partial charge in [-0.25, -0.2) is 4.98 Å². The number of ether oxygens (including phenoxy) is 1. The molecule has 2 atom stereocenters. The number of dihydropyridines is 1. The van der Waals surface area contributed by atoms with Crippen molar-refractivity contribution in [2.75, 3.05) is 37.5 Å². The van der Waals surface area contributed by atoms with Crippen LogP contribution in [0, 0.1) is 11.8 Å². The van der Waals surface area contributed by atoms with E-state index in [4.69, 9.17) is 14.8 Å². The minimum absolute atomic E-state index is 0.250. The molecule has 35 heavy (non-hydrogen) atoms. The minimum atomic E-state index is 0.250. The molecule has 2 aliphatic carbocycles. The zero-order valence-electron chi connectivity index (χ0n) is 20.7. The molecule has 0 amide bonds. The molecule has 1 saturated heterocycles. The number of hydrogen-bond donors (Lipinski definition) is 5. The molecule has 2 aromatic rings. The van der Waals surface area contributed by atoms with Crippen molar-refractivity contribution in [1.29, 1.82) is 0 Å². The molecule has 5 N–H and O–H groups in total. The van der Waals surface area contributed by atoms with Crippen LogP contribution in [0.4, 0.5) is 11.6 Å². The predicted molar refractivity (Wildman–Crippen MR) is 141 cm³/mol. The van der Waals surface area contributed by atoms with E-state index in [1.807, 2.05) is 37.7 Å². The van der Waals surface area contributed by atoms with Gasteiger partial charge in [0.05, 0.1) is 23.2 Å². The first kappa shape index (κ1) is 24.8. The van der Waals surface area contributed by atoms with Gasteiger partial charge >= 0.3 is 0 Å². The number of aliphatic hydroxyl groups excluding tert-OH is 1. The molecule has 0 spiro atoms. The molecule has 2 saturated carbocycles. The smallest absolute Gasteiger partial charge is 0.168 e. The zero-order valence-corrected chi connectivity index (χ0v) is 20.7. The summed E-state index contributed by atoms with van der Waals surface area (Å²) in [4.78, 5) is 4.76. The number of nitrogens with one attached hydrogen (secondary N) is 4. The summed E-state index contributed by atoms with van der Waals surface area (Å²) >= 11 is 0. The maximum Gasteiger partial charge on any atom is 0.168 e. The van der Waals surface area contributed by atoms with Gasteiger partial charge in [-0.05, 0) is 56.6 Å². The lowest BCUT2D eigenvalue weighted by Gasteiger charge is -2.28. The number of fused-ring (bicyclic) bond motifs is 2. The first-order chi connectivity index (χ1) is 17.0. The molecule has 0 aromatic carbocycles. The molecule has 188 valence electrons. The molecule has 4 aliphatic rings. The Morgan fingerprint density at radius 3 is 2.60 bits per heavy atom. The highest BCUT2D eigenvalue weighted by Gasteiger charge is 2.41. The largest absolute Gasteiger partial charge is 0.397 e. The highest BCUT2D eigenvalue weighted by atomic mass is 16.5. The van der Waals surface area contributed by atoms with E-state index in [-0.39, 0.29) is 6.61 Å². The molecule has 9 nitrogen and oxygen atoms in total. The van der Waals surface area contributed by atoms with Crippen LogP contribution in [0.2, 0.25) is 0 Å². The van der Waals surface area contributed by atoms with Crippen molar-refractivity contribution < 1.29 is 9.84 Å². The zero-order chi connectivity index (χ0) is 24.8. The first-order valence-corrected chi connectivity index (χ1v) is 12.3. The summed E-state index contributed by atoms with van der Waals surface area (Å²) in [6.45, 7) is 12.2. The molecule has 2 unspecified atom stereocenters. The molecular formula is C26H37N7O2. The van der Waals surface area contributed by atoms with Gasteiger partial charge in [-0.15, -0.1) is 0 Å². The first-order valence-electron chi connectivity index (χ1n) is 12.3. The van der Waals surface area contributed by atoms with Gasteiger partial charge in [0.1, 0.15) is 11.6 Å². The SMILES string of the molecule is C1OCC2CC12.C=C1NC=CC=C1Nc1cc(NC)n2ncc(C(=C)NC3CCC3)c2n1.CCO. The Hall–Kier alpha value is -3.30.